The molecule has 1 aliphatic rings. The van der Waals surface area contributed by atoms with Crippen LogP contribution >= 0.6 is 11.3 Å². The number of carbonyl (C=O) groups is 1. The number of benzene rings is 1. The molecule has 3 rings (SSSR count). The van der Waals surface area contributed by atoms with Crippen LogP contribution < -0.4 is 5.32 Å². The maximum Gasteiger partial charge on any atom is 0.252 e. The molecule has 1 aliphatic heterocycles. The van der Waals surface area contributed by atoms with E-state index in [1.807, 2.05) is 31.2 Å². The number of piperidine rings is 1. The normalized spacial score (nSPS) is 18.8. The van der Waals surface area contributed by atoms with Gasteiger partial charge in [0.2, 0.25) is 5.91 Å². The maximum absolute atomic E-state index is 12.6. The first-order valence-corrected chi connectivity index (χ1v) is 10.7. The van der Waals surface area contributed by atoms with Crippen LogP contribution in [-0.4, -0.2) is 31.7 Å². The number of nitrogens with one attached hydrogen (secondary N) is 1. The Balaban J connectivity index is 1.62. The van der Waals surface area contributed by atoms with Gasteiger partial charge in [-0.15, -0.1) is 11.3 Å². The van der Waals surface area contributed by atoms with Crippen LogP contribution in [0.5, 0.6) is 0 Å². The van der Waals surface area contributed by atoms with Crippen molar-refractivity contribution in [3.05, 3.63) is 52.9 Å². The number of rotatable bonds is 5. The zero-order valence-corrected chi connectivity index (χ0v) is 15.8. The first-order chi connectivity index (χ1) is 12.0. The number of thiophene rings is 1. The van der Waals surface area contributed by atoms with Gasteiger partial charge in [-0.2, -0.15) is 4.31 Å². The van der Waals surface area contributed by atoms with Gasteiger partial charge in [0.25, 0.3) is 10.0 Å². The summed E-state index contributed by atoms with van der Waals surface area (Å²) < 4.78 is 27.1. The lowest BCUT2D eigenvalue weighted by Crippen LogP contribution is -2.45. The second-order valence-electron chi connectivity index (χ2n) is 6.34. The van der Waals surface area contributed by atoms with Crippen LogP contribution in [0.25, 0.3) is 0 Å². The summed E-state index contributed by atoms with van der Waals surface area (Å²) in [6.45, 7) is 3.20. The number of amides is 1. The highest BCUT2D eigenvalue weighted by atomic mass is 32.2. The minimum absolute atomic E-state index is 0.0763. The van der Waals surface area contributed by atoms with Crippen LogP contribution in [0.4, 0.5) is 0 Å². The molecule has 0 unspecified atom stereocenters. The van der Waals surface area contributed by atoms with Crippen LogP contribution in [0, 0.1) is 12.8 Å². The van der Waals surface area contributed by atoms with Gasteiger partial charge < -0.3 is 5.32 Å². The molecule has 134 valence electrons. The molecule has 1 aromatic carbocycles. The van der Waals surface area contributed by atoms with Crippen molar-refractivity contribution in [3.8, 4) is 0 Å². The van der Waals surface area contributed by atoms with Gasteiger partial charge in [-0.3, -0.25) is 4.79 Å². The maximum atomic E-state index is 12.6. The van der Waals surface area contributed by atoms with Crippen LogP contribution in [0.3, 0.4) is 0 Å². The number of aryl methyl sites for hydroxylation is 1. The third kappa shape index (κ3) is 4.29. The quantitative estimate of drug-likeness (QED) is 0.870. The van der Waals surface area contributed by atoms with Gasteiger partial charge in [0.15, 0.2) is 0 Å². The molecule has 0 radical (unpaired) electrons. The van der Waals surface area contributed by atoms with E-state index >= 15 is 0 Å². The Bertz CT molecular complexity index is 832. The number of hydrogen-bond acceptors (Lipinski definition) is 4. The molecule has 2 aromatic rings. The molecule has 0 bridgehead atoms. The summed E-state index contributed by atoms with van der Waals surface area (Å²) in [5.74, 6) is -0.374. The van der Waals surface area contributed by atoms with Crippen molar-refractivity contribution in [2.24, 2.45) is 5.92 Å². The predicted molar refractivity (Wildman–Crippen MR) is 98.8 cm³/mol. The highest BCUT2D eigenvalue weighted by Crippen LogP contribution is 2.26. The van der Waals surface area contributed by atoms with E-state index in [1.165, 1.54) is 15.6 Å². The summed E-state index contributed by atoms with van der Waals surface area (Å²) >= 11 is 1.21. The average Bonchev–Trinajstić information content (AvgIpc) is 3.15. The summed E-state index contributed by atoms with van der Waals surface area (Å²) in [6, 6.07) is 11.3. The molecule has 0 spiro atoms. The van der Waals surface area contributed by atoms with Crippen molar-refractivity contribution in [3.63, 3.8) is 0 Å². The van der Waals surface area contributed by atoms with E-state index in [-0.39, 0.29) is 18.4 Å². The Morgan fingerprint density at radius 1 is 1.32 bits per heavy atom. The minimum atomic E-state index is -3.49. The number of nitrogens with zero attached hydrogens (tertiary/aromatic N) is 1. The van der Waals surface area contributed by atoms with Gasteiger partial charge in [0.05, 0.1) is 5.92 Å². The number of sulfonamides is 1. The fourth-order valence-electron chi connectivity index (χ4n) is 3.07. The fourth-order valence-corrected chi connectivity index (χ4v) is 5.74. The standard InChI is InChI=1S/C18H22N2O3S2/c1-14-5-2-6-15(11-14)12-19-18(21)16-7-3-9-20(13-16)25(22,23)17-8-4-10-24-17/h2,4-6,8,10-11,16H,3,7,9,12-13H2,1H3,(H,19,21)/t16-/m0/s1. The third-order valence-corrected chi connectivity index (χ3v) is 7.63. The summed E-state index contributed by atoms with van der Waals surface area (Å²) in [5.41, 5.74) is 2.20. The van der Waals surface area contributed by atoms with E-state index in [9.17, 15) is 13.2 Å². The first-order valence-electron chi connectivity index (χ1n) is 8.34. The lowest BCUT2D eigenvalue weighted by molar-refractivity contribution is -0.126. The van der Waals surface area contributed by atoms with E-state index in [1.54, 1.807) is 17.5 Å². The summed E-state index contributed by atoms with van der Waals surface area (Å²) in [7, 11) is -3.49. The summed E-state index contributed by atoms with van der Waals surface area (Å²) in [4.78, 5) is 12.5. The van der Waals surface area contributed by atoms with E-state index in [2.05, 4.69) is 5.32 Å². The molecule has 1 saturated heterocycles. The molecule has 1 N–H and O–H groups in total. The Hall–Kier alpha value is -1.70. The topological polar surface area (TPSA) is 66.5 Å². The van der Waals surface area contributed by atoms with Crippen LogP contribution in [0.15, 0.2) is 46.0 Å². The average molecular weight is 379 g/mol. The van der Waals surface area contributed by atoms with E-state index in [0.717, 1.165) is 17.5 Å². The van der Waals surface area contributed by atoms with E-state index in [4.69, 9.17) is 0 Å². The van der Waals surface area contributed by atoms with Crippen LogP contribution in [0.2, 0.25) is 0 Å². The van der Waals surface area contributed by atoms with Gasteiger partial charge in [0, 0.05) is 19.6 Å². The molecule has 1 amide bonds. The van der Waals surface area contributed by atoms with E-state index in [0.29, 0.717) is 23.7 Å². The SMILES string of the molecule is Cc1cccc(CNC(=O)[C@H]2CCCN(S(=O)(=O)c3cccs3)C2)c1. The van der Waals surface area contributed by atoms with E-state index < -0.39 is 10.0 Å². The molecular weight excluding hydrogens is 356 g/mol. The lowest BCUT2D eigenvalue weighted by Gasteiger charge is -2.30. The Morgan fingerprint density at radius 2 is 2.16 bits per heavy atom. The Kier molecular flexibility index (Phi) is 5.56. The smallest absolute Gasteiger partial charge is 0.252 e. The van der Waals surface area contributed by atoms with Crippen molar-refractivity contribution in [1.82, 2.24) is 9.62 Å². The third-order valence-electron chi connectivity index (χ3n) is 4.39. The zero-order valence-electron chi connectivity index (χ0n) is 14.1. The Morgan fingerprint density at radius 3 is 2.88 bits per heavy atom. The molecule has 5 nitrogen and oxygen atoms in total. The summed E-state index contributed by atoms with van der Waals surface area (Å²) in [6.07, 6.45) is 1.42. The first kappa shape index (κ1) is 18.1. The highest BCUT2D eigenvalue weighted by Gasteiger charge is 2.33. The second-order valence-corrected chi connectivity index (χ2v) is 9.45. The second kappa shape index (κ2) is 7.68. The largest absolute Gasteiger partial charge is 0.352 e. The molecule has 1 fully saturated rings. The molecule has 0 saturated carbocycles. The van der Waals surface area contributed by atoms with Crippen molar-refractivity contribution < 1.29 is 13.2 Å². The Labute approximate surface area is 152 Å². The van der Waals surface area contributed by atoms with Crippen molar-refractivity contribution in [2.45, 2.75) is 30.5 Å². The van der Waals surface area contributed by atoms with Gasteiger partial charge in [-0.05, 0) is 36.8 Å². The minimum Gasteiger partial charge on any atom is -0.352 e. The van der Waals surface area contributed by atoms with Crippen molar-refractivity contribution in [1.29, 1.82) is 0 Å². The van der Waals surface area contributed by atoms with Gasteiger partial charge in [-0.1, -0.05) is 35.9 Å². The lowest BCUT2D eigenvalue weighted by atomic mass is 9.98. The molecule has 7 heteroatoms. The molecule has 25 heavy (non-hydrogen) atoms. The number of hydrogen-bond donors (Lipinski definition) is 1. The van der Waals surface area contributed by atoms with Gasteiger partial charge >= 0.3 is 0 Å². The van der Waals surface area contributed by atoms with Gasteiger partial charge in [-0.25, -0.2) is 8.42 Å². The molecule has 0 aliphatic carbocycles. The zero-order chi connectivity index (χ0) is 17.9. The molecular formula is C18H22N2O3S2. The van der Waals surface area contributed by atoms with Crippen LogP contribution in [-0.2, 0) is 21.4 Å². The van der Waals surface area contributed by atoms with Crippen molar-refractivity contribution in [2.75, 3.05) is 13.1 Å². The fraction of sp³-hybridized carbons (Fsp3) is 0.389. The molecule has 1 atom stereocenters. The van der Waals surface area contributed by atoms with Crippen LogP contribution in [0.1, 0.15) is 24.0 Å². The predicted octanol–water partition coefficient (Wildman–Crippen LogP) is 2.77. The van der Waals surface area contributed by atoms with Crippen molar-refractivity contribution >= 4 is 27.3 Å². The molecule has 1 aromatic heterocycles. The number of carbonyl (C=O) groups excluding carboxylic acids is 1. The molecule has 2 heterocycles. The highest BCUT2D eigenvalue weighted by molar-refractivity contribution is 7.91. The van der Waals surface area contributed by atoms with Gasteiger partial charge in [0.1, 0.15) is 4.21 Å². The monoisotopic (exact) mass is 378 g/mol. The summed E-state index contributed by atoms with van der Waals surface area (Å²) in [5, 5.41) is 4.70.